The van der Waals surface area contributed by atoms with Crippen molar-refractivity contribution in [2.45, 2.75) is 44.1 Å². The Hall–Kier alpha value is -3.65. The van der Waals surface area contributed by atoms with Gasteiger partial charge in [0, 0.05) is 24.2 Å². The number of anilines is 1. The summed E-state index contributed by atoms with van der Waals surface area (Å²) in [6.07, 6.45) is 8.14. The van der Waals surface area contributed by atoms with Crippen molar-refractivity contribution in [1.82, 2.24) is 25.1 Å². The number of nitrogen functional groups attached to an aromatic ring is 1. The predicted octanol–water partition coefficient (Wildman–Crippen LogP) is 3.87. The van der Waals surface area contributed by atoms with Crippen LogP contribution in [0.15, 0.2) is 59.5 Å². The molecule has 32 heavy (non-hydrogen) atoms. The van der Waals surface area contributed by atoms with E-state index < -0.39 is 5.60 Å². The molecule has 0 aliphatic heterocycles. The third-order valence-electron chi connectivity index (χ3n) is 6.14. The molecule has 0 atom stereocenters. The number of hydrogen-bond donors (Lipinski definition) is 2. The molecule has 0 spiro atoms. The highest BCUT2D eigenvalue weighted by Crippen LogP contribution is 2.48. The average molecular weight is 428 g/mol. The van der Waals surface area contributed by atoms with E-state index in [1.165, 1.54) is 0 Å². The monoisotopic (exact) mass is 428 g/mol. The molecule has 162 valence electrons. The largest absolute Gasteiger partial charge is 0.384 e. The van der Waals surface area contributed by atoms with E-state index in [1.54, 1.807) is 38.5 Å². The number of rotatable bonds is 5. The minimum absolute atomic E-state index is 0.252. The van der Waals surface area contributed by atoms with Crippen LogP contribution in [0.1, 0.15) is 50.2 Å². The number of hydrogen-bond acceptors (Lipinski definition) is 8. The number of benzene rings is 1. The lowest BCUT2D eigenvalue weighted by molar-refractivity contribution is 0.0739. The van der Waals surface area contributed by atoms with E-state index in [1.807, 2.05) is 6.07 Å². The van der Waals surface area contributed by atoms with Gasteiger partial charge in [0.25, 0.3) is 5.89 Å². The Labute approximate surface area is 185 Å². The summed E-state index contributed by atoms with van der Waals surface area (Å²) in [7, 11) is 0. The lowest BCUT2D eigenvalue weighted by Crippen LogP contribution is -2.36. The van der Waals surface area contributed by atoms with E-state index in [-0.39, 0.29) is 11.4 Å². The van der Waals surface area contributed by atoms with E-state index in [9.17, 15) is 5.11 Å². The normalized spacial score (nSPS) is 15.3. The number of pyridine rings is 1. The molecule has 3 aromatic heterocycles. The number of nitrogens with two attached hydrogens (primary N) is 1. The van der Waals surface area contributed by atoms with Crippen molar-refractivity contribution in [1.29, 1.82) is 0 Å². The predicted molar refractivity (Wildman–Crippen MR) is 119 cm³/mol. The minimum atomic E-state index is -1.00. The molecule has 8 nitrogen and oxygen atoms in total. The topological polar surface area (TPSA) is 124 Å². The summed E-state index contributed by atoms with van der Waals surface area (Å²) >= 11 is 0. The lowest BCUT2D eigenvalue weighted by atomic mass is 9.64. The second-order valence-corrected chi connectivity index (χ2v) is 8.76. The van der Waals surface area contributed by atoms with Gasteiger partial charge in [0.15, 0.2) is 5.82 Å². The third-order valence-corrected chi connectivity index (χ3v) is 6.14. The van der Waals surface area contributed by atoms with Crippen LogP contribution in [0.5, 0.6) is 0 Å². The van der Waals surface area contributed by atoms with Gasteiger partial charge in [0.05, 0.1) is 16.7 Å². The molecule has 5 rings (SSSR count). The van der Waals surface area contributed by atoms with Crippen LogP contribution in [0.4, 0.5) is 5.95 Å². The van der Waals surface area contributed by atoms with Gasteiger partial charge in [-0.2, -0.15) is 4.98 Å². The maximum atomic E-state index is 10.1. The highest BCUT2D eigenvalue weighted by Gasteiger charge is 2.44. The van der Waals surface area contributed by atoms with Crippen molar-refractivity contribution in [3.63, 3.8) is 0 Å². The molecule has 0 saturated heterocycles. The molecular weight excluding hydrogens is 404 g/mol. The van der Waals surface area contributed by atoms with Crippen LogP contribution >= 0.6 is 0 Å². The van der Waals surface area contributed by atoms with Gasteiger partial charge in [-0.3, -0.25) is 4.98 Å². The first kappa shape index (κ1) is 20.3. The molecule has 1 saturated carbocycles. The molecule has 1 aliphatic carbocycles. The molecule has 3 heterocycles. The number of aromatic nitrogens is 5. The first-order valence-electron chi connectivity index (χ1n) is 10.6. The SMILES string of the molecule is CC(C)(O)c1ccc(-c2nc(C3(c4ccc(-c5cnc(N)nc5)cc4)CCC3)no2)cn1. The van der Waals surface area contributed by atoms with Gasteiger partial charge in [-0.25, -0.2) is 9.97 Å². The summed E-state index contributed by atoms with van der Waals surface area (Å²) in [4.78, 5) is 17.2. The Bertz CT molecular complexity index is 1220. The molecule has 8 heteroatoms. The summed E-state index contributed by atoms with van der Waals surface area (Å²) in [6, 6.07) is 12.0. The Morgan fingerprint density at radius 2 is 1.56 bits per heavy atom. The summed E-state index contributed by atoms with van der Waals surface area (Å²) in [5, 5.41) is 14.4. The fourth-order valence-corrected chi connectivity index (χ4v) is 4.06. The first-order valence-corrected chi connectivity index (χ1v) is 10.6. The molecule has 4 aromatic rings. The van der Waals surface area contributed by atoms with Gasteiger partial charge >= 0.3 is 0 Å². The second-order valence-electron chi connectivity index (χ2n) is 8.76. The summed E-state index contributed by atoms with van der Waals surface area (Å²) in [5.74, 6) is 1.38. The molecule has 1 aromatic carbocycles. The molecule has 0 radical (unpaired) electrons. The van der Waals surface area contributed by atoms with Crippen LogP contribution in [-0.4, -0.2) is 30.2 Å². The number of aliphatic hydroxyl groups is 1. The molecule has 0 amide bonds. The van der Waals surface area contributed by atoms with Crippen molar-refractivity contribution >= 4 is 5.95 Å². The van der Waals surface area contributed by atoms with Crippen LogP contribution in [0.3, 0.4) is 0 Å². The van der Waals surface area contributed by atoms with Crippen molar-refractivity contribution in [2.24, 2.45) is 0 Å². The maximum absolute atomic E-state index is 10.1. The zero-order valence-corrected chi connectivity index (χ0v) is 18.0. The van der Waals surface area contributed by atoms with E-state index in [0.29, 0.717) is 17.4 Å². The summed E-state index contributed by atoms with van der Waals surface area (Å²) < 4.78 is 5.59. The zero-order valence-electron chi connectivity index (χ0n) is 18.0. The van der Waals surface area contributed by atoms with E-state index >= 15 is 0 Å². The fourth-order valence-electron chi connectivity index (χ4n) is 4.06. The van der Waals surface area contributed by atoms with Crippen molar-refractivity contribution in [2.75, 3.05) is 5.73 Å². The lowest BCUT2D eigenvalue weighted by Gasteiger charge is -2.39. The van der Waals surface area contributed by atoms with E-state index in [4.69, 9.17) is 15.2 Å². The quantitative estimate of drug-likeness (QED) is 0.491. The molecule has 0 unspecified atom stereocenters. The van der Waals surface area contributed by atoms with Crippen LogP contribution in [0.2, 0.25) is 0 Å². The van der Waals surface area contributed by atoms with Crippen LogP contribution in [-0.2, 0) is 11.0 Å². The molecular formula is C24H24N6O2. The average Bonchev–Trinajstić information content (AvgIpc) is 3.24. The molecule has 3 N–H and O–H groups in total. The van der Waals surface area contributed by atoms with Gasteiger partial charge < -0.3 is 15.4 Å². The first-order chi connectivity index (χ1) is 15.3. The minimum Gasteiger partial charge on any atom is -0.384 e. The van der Waals surface area contributed by atoms with Crippen LogP contribution in [0.25, 0.3) is 22.6 Å². The van der Waals surface area contributed by atoms with Crippen LogP contribution in [0, 0.1) is 0 Å². The standard InChI is InChI=1S/C24H24N6O2/c1-23(2,31)19-9-6-16(12-26-19)20-29-21(30-32-20)24(10-3-11-24)18-7-4-15(5-8-18)17-13-27-22(25)28-14-17/h4-9,12-14,31H,3,10-11H2,1-2H3,(H2,25,27,28). The third kappa shape index (κ3) is 3.52. The highest BCUT2D eigenvalue weighted by molar-refractivity contribution is 5.63. The molecule has 0 bridgehead atoms. The maximum Gasteiger partial charge on any atom is 0.259 e. The Morgan fingerprint density at radius 3 is 2.12 bits per heavy atom. The zero-order chi connectivity index (χ0) is 22.3. The number of nitrogens with zero attached hydrogens (tertiary/aromatic N) is 5. The van der Waals surface area contributed by atoms with Crippen LogP contribution < -0.4 is 5.73 Å². The Morgan fingerprint density at radius 1 is 0.906 bits per heavy atom. The van der Waals surface area contributed by atoms with E-state index in [2.05, 4.69) is 44.4 Å². The molecule has 1 fully saturated rings. The van der Waals surface area contributed by atoms with Crippen molar-refractivity contribution < 1.29 is 9.63 Å². The Balaban J connectivity index is 1.42. The summed E-state index contributed by atoms with van der Waals surface area (Å²) in [6.45, 7) is 3.40. The van der Waals surface area contributed by atoms with E-state index in [0.717, 1.165) is 41.5 Å². The van der Waals surface area contributed by atoms with Gasteiger partial charge in [-0.15, -0.1) is 0 Å². The van der Waals surface area contributed by atoms with Gasteiger partial charge in [-0.05, 0) is 49.9 Å². The van der Waals surface area contributed by atoms with Gasteiger partial charge in [-0.1, -0.05) is 35.8 Å². The smallest absolute Gasteiger partial charge is 0.259 e. The fraction of sp³-hybridized carbons (Fsp3) is 0.292. The van der Waals surface area contributed by atoms with Crippen molar-refractivity contribution in [3.8, 4) is 22.6 Å². The Kier molecular flexibility index (Phi) is 4.74. The molecule has 1 aliphatic rings. The second kappa shape index (κ2) is 7.49. The van der Waals surface area contributed by atoms with Gasteiger partial charge in [0.1, 0.15) is 5.60 Å². The highest BCUT2D eigenvalue weighted by atomic mass is 16.5. The summed E-state index contributed by atoms with van der Waals surface area (Å²) in [5.41, 5.74) is 8.74. The van der Waals surface area contributed by atoms with Gasteiger partial charge in [0.2, 0.25) is 5.95 Å². The van der Waals surface area contributed by atoms with Crippen molar-refractivity contribution in [3.05, 3.63) is 72.1 Å².